The molecule has 0 saturated heterocycles. The Morgan fingerprint density at radius 3 is 2.36 bits per heavy atom. The number of unbranched alkanes of at least 4 members (excludes halogenated alkanes) is 8. The summed E-state index contributed by atoms with van der Waals surface area (Å²) < 4.78 is 5.20. The van der Waals surface area contributed by atoms with E-state index in [9.17, 15) is 4.79 Å². The highest BCUT2D eigenvalue weighted by Crippen LogP contribution is 2.18. The summed E-state index contributed by atoms with van der Waals surface area (Å²) in [5, 5.41) is 2.78. The Kier molecular flexibility index (Phi) is 8.36. The summed E-state index contributed by atoms with van der Waals surface area (Å²) in [7, 11) is 1.57. The van der Waals surface area contributed by atoms with Crippen molar-refractivity contribution in [2.45, 2.75) is 71.1 Å². The van der Waals surface area contributed by atoms with Crippen LogP contribution in [0, 0.1) is 0 Å². The van der Waals surface area contributed by atoms with E-state index in [1.807, 2.05) is 12.1 Å². The maximum Gasteiger partial charge on any atom is 0.252 e. The SMILES string of the molecule is CCCCCCCCCCCc1ccc(/C=C2/NC(=O)C=C2OC)[nH]1. The highest BCUT2D eigenvalue weighted by atomic mass is 16.5. The van der Waals surface area contributed by atoms with Crippen LogP contribution in [0.5, 0.6) is 0 Å². The van der Waals surface area contributed by atoms with Gasteiger partial charge >= 0.3 is 0 Å². The standard InChI is InChI=1S/C21H32N2O2/c1-3-4-5-6-7-8-9-10-11-12-17-13-14-18(22-17)15-19-20(25-2)16-21(24)23-19/h13-16,22H,3-12H2,1-2H3,(H,23,24)/b19-15+. The molecule has 4 heteroatoms. The summed E-state index contributed by atoms with van der Waals surface area (Å²) in [5.74, 6) is 0.449. The van der Waals surface area contributed by atoms with Crippen LogP contribution < -0.4 is 5.32 Å². The fraction of sp³-hybridized carbons (Fsp3) is 0.571. The number of amides is 1. The smallest absolute Gasteiger partial charge is 0.252 e. The Bertz CT molecular complexity index is 599. The lowest BCUT2D eigenvalue weighted by atomic mass is 10.1. The molecule has 0 aromatic carbocycles. The van der Waals surface area contributed by atoms with Crippen molar-refractivity contribution >= 4 is 12.0 Å². The molecule has 0 spiro atoms. The van der Waals surface area contributed by atoms with Gasteiger partial charge in [-0.25, -0.2) is 0 Å². The molecule has 0 fully saturated rings. The van der Waals surface area contributed by atoms with Gasteiger partial charge in [-0.05, 0) is 31.1 Å². The number of rotatable bonds is 12. The Hall–Kier alpha value is -1.97. The molecule has 138 valence electrons. The molecular formula is C21H32N2O2. The average molecular weight is 344 g/mol. The maximum absolute atomic E-state index is 11.4. The van der Waals surface area contributed by atoms with Crippen LogP contribution in [0.4, 0.5) is 0 Å². The Morgan fingerprint density at radius 2 is 1.68 bits per heavy atom. The van der Waals surface area contributed by atoms with E-state index in [4.69, 9.17) is 4.74 Å². The van der Waals surface area contributed by atoms with Crippen LogP contribution in [0.3, 0.4) is 0 Å². The molecule has 25 heavy (non-hydrogen) atoms. The van der Waals surface area contributed by atoms with Gasteiger partial charge in [-0.15, -0.1) is 0 Å². The first-order valence-corrected chi connectivity index (χ1v) is 9.69. The van der Waals surface area contributed by atoms with E-state index in [1.165, 1.54) is 69.6 Å². The minimum Gasteiger partial charge on any atom is -0.494 e. The van der Waals surface area contributed by atoms with E-state index in [0.717, 1.165) is 12.1 Å². The third kappa shape index (κ3) is 6.81. The van der Waals surface area contributed by atoms with Gasteiger partial charge in [0.1, 0.15) is 5.76 Å². The van der Waals surface area contributed by atoms with E-state index < -0.39 is 0 Å². The summed E-state index contributed by atoms with van der Waals surface area (Å²) in [4.78, 5) is 14.8. The summed E-state index contributed by atoms with van der Waals surface area (Å²) in [6, 6.07) is 4.18. The van der Waals surface area contributed by atoms with Gasteiger partial charge in [-0.3, -0.25) is 4.79 Å². The fourth-order valence-electron chi connectivity index (χ4n) is 3.17. The van der Waals surface area contributed by atoms with Crippen LogP contribution in [-0.4, -0.2) is 18.0 Å². The topological polar surface area (TPSA) is 54.1 Å². The first kappa shape index (κ1) is 19.4. The zero-order valence-electron chi connectivity index (χ0n) is 15.7. The van der Waals surface area contributed by atoms with Gasteiger partial charge in [0.2, 0.25) is 0 Å². The molecule has 0 aliphatic carbocycles. The molecule has 0 atom stereocenters. The van der Waals surface area contributed by atoms with Crippen molar-refractivity contribution in [1.82, 2.24) is 10.3 Å². The number of aromatic amines is 1. The Balaban J connectivity index is 1.65. The lowest BCUT2D eigenvalue weighted by Gasteiger charge is -2.03. The van der Waals surface area contributed by atoms with E-state index in [0.29, 0.717) is 11.5 Å². The normalized spacial score (nSPS) is 15.5. The van der Waals surface area contributed by atoms with Crippen molar-refractivity contribution in [3.63, 3.8) is 0 Å². The van der Waals surface area contributed by atoms with Crippen LogP contribution in [0.2, 0.25) is 0 Å². The summed E-state index contributed by atoms with van der Waals surface area (Å²) in [6.07, 6.45) is 16.6. The zero-order valence-corrected chi connectivity index (χ0v) is 15.7. The number of aryl methyl sites for hydroxylation is 1. The Morgan fingerprint density at radius 1 is 1.00 bits per heavy atom. The number of methoxy groups -OCH3 is 1. The molecule has 0 radical (unpaired) electrons. The Labute approximate surface area is 151 Å². The first-order chi connectivity index (χ1) is 12.2. The second-order valence-corrected chi connectivity index (χ2v) is 6.78. The second kappa shape index (κ2) is 10.8. The number of carbonyl (C=O) groups excluding carboxylic acids is 1. The number of H-pyrrole nitrogens is 1. The number of carbonyl (C=O) groups is 1. The number of hydrogen-bond acceptors (Lipinski definition) is 2. The molecule has 1 aliphatic rings. The average Bonchev–Trinajstić information content (AvgIpc) is 3.19. The molecule has 2 rings (SSSR count). The van der Waals surface area contributed by atoms with Gasteiger partial charge in [0.25, 0.3) is 5.91 Å². The molecular weight excluding hydrogens is 312 g/mol. The summed E-state index contributed by atoms with van der Waals surface area (Å²) in [5.41, 5.74) is 2.96. The molecule has 2 N–H and O–H groups in total. The zero-order chi connectivity index (χ0) is 17.9. The first-order valence-electron chi connectivity index (χ1n) is 9.69. The number of aromatic nitrogens is 1. The van der Waals surface area contributed by atoms with Crippen LogP contribution in [0.1, 0.15) is 76.1 Å². The second-order valence-electron chi connectivity index (χ2n) is 6.78. The largest absolute Gasteiger partial charge is 0.494 e. The van der Waals surface area contributed by atoms with Crippen molar-refractivity contribution in [3.05, 3.63) is 41.1 Å². The van der Waals surface area contributed by atoms with Gasteiger partial charge in [-0.1, -0.05) is 58.3 Å². The molecule has 0 saturated carbocycles. The van der Waals surface area contributed by atoms with Crippen molar-refractivity contribution in [1.29, 1.82) is 0 Å². The third-order valence-electron chi connectivity index (χ3n) is 4.62. The number of nitrogens with one attached hydrogen (secondary N) is 2. The highest BCUT2D eigenvalue weighted by molar-refractivity contribution is 5.95. The van der Waals surface area contributed by atoms with E-state index in [1.54, 1.807) is 7.11 Å². The predicted octanol–water partition coefficient (Wildman–Crippen LogP) is 5.09. The van der Waals surface area contributed by atoms with Crippen LogP contribution in [0.25, 0.3) is 6.08 Å². The lowest BCUT2D eigenvalue weighted by Crippen LogP contribution is -2.13. The van der Waals surface area contributed by atoms with Crippen molar-refractivity contribution in [3.8, 4) is 0 Å². The van der Waals surface area contributed by atoms with Gasteiger partial charge in [0, 0.05) is 17.5 Å². The van der Waals surface area contributed by atoms with Crippen molar-refractivity contribution < 1.29 is 9.53 Å². The van der Waals surface area contributed by atoms with Gasteiger partial charge in [0.05, 0.1) is 12.8 Å². The molecule has 1 aromatic rings. The van der Waals surface area contributed by atoms with E-state index in [-0.39, 0.29) is 5.91 Å². The molecule has 1 aliphatic heterocycles. The number of ether oxygens (including phenoxy) is 1. The minimum atomic E-state index is -0.135. The molecule has 2 heterocycles. The minimum absolute atomic E-state index is 0.135. The molecule has 1 aromatic heterocycles. The molecule has 1 amide bonds. The van der Waals surface area contributed by atoms with Gasteiger partial charge < -0.3 is 15.0 Å². The number of hydrogen-bond donors (Lipinski definition) is 2. The van der Waals surface area contributed by atoms with Crippen LogP contribution in [0.15, 0.2) is 29.7 Å². The van der Waals surface area contributed by atoms with Gasteiger partial charge in [-0.2, -0.15) is 0 Å². The third-order valence-corrected chi connectivity index (χ3v) is 4.62. The van der Waals surface area contributed by atoms with Gasteiger partial charge in [0.15, 0.2) is 0 Å². The lowest BCUT2D eigenvalue weighted by molar-refractivity contribution is -0.115. The molecule has 0 unspecified atom stereocenters. The summed E-state index contributed by atoms with van der Waals surface area (Å²) in [6.45, 7) is 2.26. The van der Waals surface area contributed by atoms with E-state index in [2.05, 4.69) is 23.3 Å². The van der Waals surface area contributed by atoms with E-state index >= 15 is 0 Å². The summed E-state index contributed by atoms with van der Waals surface area (Å²) >= 11 is 0. The molecule has 0 bridgehead atoms. The highest BCUT2D eigenvalue weighted by Gasteiger charge is 2.17. The van der Waals surface area contributed by atoms with Crippen molar-refractivity contribution in [2.24, 2.45) is 0 Å². The fourth-order valence-corrected chi connectivity index (χ4v) is 3.17. The predicted molar refractivity (Wildman–Crippen MR) is 103 cm³/mol. The van der Waals surface area contributed by atoms with Crippen LogP contribution >= 0.6 is 0 Å². The quantitative estimate of drug-likeness (QED) is 0.519. The van der Waals surface area contributed by atoms with Crippen molar-refractivity contribution in [2.75, 3.05) is 7.11 Å². The maximum atomic E-state index is 11.4. The molecule has 4 nitrogen and oxygen atoms in total. The van der Waals surface area contributed by atoms with Crippen LogP contribution in [-0.2, 0) is 16.0 Å². The monoisotopic (exact) mass is 344 g/mol.